The minimum atomic E-state index is -1.12. The fourth-order valence-electron chi connectivity index (χ4n) is 2.20. The zero-order valence-corrected chi connectivity index (χ0v) is 9.87. The number of carboxylic acid groups (broad SMARTS) is 1. The quantitative estimate of drug-likeness (QED) is 0.817. The first-order valence-electron chi connectivity index (χ1n) is 5.77. The van der Waals surface area contributed by atoms with E-state index in [4.69, 9.17) is 9.84 Å². The van der Waals surface area contributed by atoms with E-state index in [1.54, 1.807) is 22.9 Å². The zero-order valence-electron chi connectivity index (χ0n) is 9.87. The predicted molar refractivity (Wildman–Crippen MR) is 66.4 cm³/mol. The van der Waals surface area contributed by atoms with Crippen LogP contribution >= 0.6 is 0 Å². The number of nitrogens with one attached hydrogen (secondary N) is 1. The van der Waals surface area contributed by atoms with Crippen molar-refractivity contribution in [3.05, 3.63) is 34.7 Å². The molecule has 98 valence electrons. The van der Waals surface area contributed by atoms with Gasteiger partial charge in [-0.2, -0.15) is 0 Å². The summed E-state index contributed by atoms with van der Waals surface area (Å²) in [5, 5.41) is 10.9. The van der Waals surface area contributed by atoms with E-state index in [1.807, 2.05) is 0 Å². The van der Waals surface area contributed by atoms with Crippen LogP contribution in [0.5, 0.6) is 5.75 Å². The Morgan fingerprint density at radius 2 is 2.37 bits per heavy atom. The largest absolute Gasteiger partial charge is 0.484 e. The third-order valence-electron chi connectivity index (χ3n) is 3.00. The average Bonchev–Trinajstić information content (AvgIpc) is 2.40. The van der Waals surface area contributed by atoms with Gasteiger partial charge in [-0.05, 0) is 6.07 Å². The maximum Gasteiger partial charge on any atom is 0.404 e. The van der Waals surface area contributed by atoms with Crippen LogP contribution in [-0.4, -0.2) is 33.4 Å². The van der Waals surface area contributed by atoms with Crippen molar-refractivity contribution in [2.75, 3.05) is 6.54 Å². The van der Waals surface area contributed by atoms with Crippen LogP contribution in [0.2, 0.25) is 0 Å². The third kappa shape index (κ3) is 1.99. The molecule has 0 aliphatic carbocycles. The maximum absolute atomic E-state index is 11.9. The molecule has 0 radical (unpaired) electrons. The van der Waals surface area contributed by atoms with Gasteiger partial charge in [-0.25, -0.2) is 4.79 Å². The molecule has 19 heavy (non-hydrogen) atoms. The van der Waals surface area contributed by atoms with Crippen LogP contribution in [0.15, 0.2) is 29.2 Å². The van der Waals surface area contributed by atoms with Crippen molar-refractivity contribution in [1.29, 1.82) is 0 Å². The van der Waals surface area contributed by atoms with Crippen LogP contribution < -0.4 is 15.6 Å². The first kappa shape index (κ1) is 11.5. The van der Waals surface area contributed by atoms with Gasteiger partial charge in [-0.1, -0.05) is 0 Å². The normalized spacial score (nSPS) is 16.9. The molecule has 1 aliphatic rings. The highest BCUT2D eigenvalue weighted by Crippen LogP contribution is 2.27. The summed E-state index contributed by atoms with van der Waals surface area (Å²) in [6, 6.07) is 4.77. The molecule has 1 amide bonds. The van der Waals surface area contributed by atoms with Crippen molar-refractivity contribution in [3.63, 3.8) is 0 Å². The molecular weight excluding hydrogens is 250 g/mol. The number of pyridine rings is 2. The molecule has 7 nitrogen and oxygen atoms in total. The van der Waals surface area contributed by atoms with E-state index in [9.17, 15) is 9.59 Å². The van der Waals surface area contributed by atoms with Crippen LogP contribution in [-0.2, 0) is 6.54 Å². The fourth-order valence-corrected chi connectivity index (χ4v) is 2.20. The van der Waals surface area contributed by atoms with Gasteiger partial charge in [-0.3, -0.25) is 14.3 Å². The van der Waals surface area contributed by atoms with Crippen molar-refractivity contribution in [2.24, 2.45) is 0 Å². The van der Waals surface area contributed by atoms with Gasteiger partial charge in [0.1, 0.15) is 17.4 Å². The zero-order chi connectivity index (χ0) is 13.4. The van der Waals surface area contributed by atoms with Crippen molar-refractivity contribution in [2.45, 2.75) is 12.6 Å². The van der Waals surface area contributed by atoms with Crippen molar-refractivity contribution < 1.29 is 14.6 Å². The Hall–Kier alpha value is -2.57. The van der Waals surface area contributed by atoms with Crippen molar-refractivity contribution in [1.82, 2.24) is 14.9 Å². The summed E-state index contributed by atoms with van der Waals surface area (Å²) in [5.74, 6) is 0.547. The van der Waals surface area contributed by atoms with Crippen LogP contribution in [0.4, 0.5) is 4.79 Å². The Morgan fingerprint density at radius 1 is 1.53 bits per heavy atom. The molecule has 3 heterocycles. The maximum atomic E-state index is 11.9. The fraction of sp³-hybridized carbons (Fsp3) is 0.250. The molecule has 0 saturated carbocycles. The molecule has 1 aliphatic heterocycles. The van der Waals surface area contributed by atoms with E-state index in [2.05, 4.69) is 10.3 Å². The second-order valence-corrected chi connectivity index (χ2v) is 4.25. The Labute approximate surface area is 107 Å². The lowest BCUT2D eigenvalue weighted by Crippen LogP contribution is -2.41. The minimum Gasteiger partial charge on any atom is -0.484 e. The van der Waals surface area contributed by atoms with E-state index in [1.165, 1.54) is 6.07 Å². The average molecular weight is 261 g/mol. The second-order valence-electron chi connectivity index (χ2n) is 4.25. The van der Waals surface area contributed by atoms with Crippen molar-refractivity contribution >= 4 is 17.1 Å². The molecule has 2 N–H and O–H groups in total. The first-order chi connectivity index (χ1) is 9.15. The molecule has 7 heteroatoms. The van der Waals surface area contributed by atoms with Crippen LogP contribution in [0, 0.1) is 0 Å². The summed E-state index contributed by atoms with van der Waals surface area (Å²) in [4.78, 5) is 26.6. The number of amides is 1. The first-order valence-corrected chi connectivity index (χ1v) is 5.77. The van der Waals surface area contributed by atoms with Crippen LogP contribution in [0.3, 0.4) is 0 Å². The molecule has 0 spiro atoms. The van der Waals surface area contributed by atoms with Crippen molar-refractivity contribution in [3.8, 4) is 5.75 Å². The lowest BCUT2D eigenvalue weighted by atomic mass is 10.2. The van der Waals surface area contributed by atoms with Gasteiger partial charge < -0.3 is 15.2 Å². The molecule has 0 bridgehead atoms. The van der Waals surface area contributed by atoms with Crippen LogP contribution in [0.25, 0.3) is 11.0 Å². The number of hydrogen-bond donors (Lipinski definition) is 2. The summed E-state index contributed by atoms with van der Waals surface area (Å²) >= 11 is 0. The smallest absolute Gasteiger partial charge is 0.404 e. The topological polar surface area (TPSA) is 93.5 Å². The standard InChI is InChI=1S/C12H11N3O4/c16-10-2-1-8-11-9(3-4-13-8)19-7(6-15(10)11)5-14-12(17)18/h1-4,7,14H,5-6H2,(H,17,18). The molecule has 0 saturated heterocycles. The molecule has 2 aromatic heterocycles. The molecule has 2 aromatic rings. The SMILES string of the molecule is O=C(O)NCC1Cn2c(=O)ccc3nccc(c32)O1. The third-order valence-corrected chi connectivity index (χ3v) is 3.00. The molecule has 0 aromatic carbocycles. The number of carbonyl (C=O) groups is 1. The highest BCUT2D eigenvalue weighted by atomic mass is 16.5. The monoisotopic (exact) mass is 261 g/mol. The Morgan fingerprint density at radius 3 is 3.16 bits per heavy atom. The second kappa shape index (κ2) is 4.27. The Balaban J connectivity index is 2.02. The number of hydrogen-bond acceptors (Lipinski definition) is 4. The minimum absolute atomic E-state index is 0.125. The predicted octanol–water partition coefficient (Wildman–Crippen LogP) is 0.425. The van der Waals surface area contributed by atoms with Crippen LogP contribution in [0.1, 0.15) is 0 Å². The highest BCUT2D eigenvalue weighted by molar-refractivity contribution is 5.81. The summed E-state index contributed by atoms with van der Waals surface area (Å²) in [7, 11) is 0. The van der Waals surface area contributed by atoms with Gasteiger partial charge in [0.25, 0.3) is 5.56 Å². The van der Waals surface area contributed by atoms with E-state index in [0.717, 1.165) is 0 Å². The molecule has 3 rings (SSSR count). The number of nitrogens with zero attached hydrogens (tertiary/aromatic N) is 2. The van der Waals surface area contributed by atoms with Gasteiger partial charge in [-0.15, -0.1) is 0 Å². The Kier molecular flexibility index (Phi) is 2.59. The van der Waals surface area contributed by atoms with E-state index in [0.29, 0.717) is 23.3 Å². The summed E-state index contributed by atoms with van der Waals surface area (Å²) in [5.41, 5.74) is 1.19. The summed E-state index contributed by atoms with van der Waals surface area (Å²) in [6.07, 6.45) is 0.0726. The molecule has 1 atom stereocenters. The lowest BCUT2D eigenvalue weighted by molar-refractivity contribution is 0.154. The lowest BCUT2D eigenvalue weighted by Gasteiger charge is -2.27. The van der Waals surface area contributed by atoms with Gasteiger partial charge in [0.05, 0.1) is 18.6 Å². The van der Waals surface area contributed by atoms with E-state index < -0.39 is 12.2 Å². The number of ether oxygens (including phenoxy) is 1. The van der Waals surface area contributed by atoms with E-state index >= 15 is 0 Å². The van der Waals surface area contributed by atoms with E-state index in [-0.39, 0.29) is 12.1 Å². The molecular formula is C12H11N3O4. The number of rotatable bonds is 2. The van der Waals surface area contributed by atoms with Gasteiger partial charge in [0.2, 0.25) is 0 Å². The van der Waals surface area contributed by atoms with Gasteiger partial charge >= 0.3 is 6.09 Å². The van der Waals surface area contributed by atoms with Gasteiger partial charge in [0, 0.05) is 18.3 Å². The summed E-state index contributed by atoms with van der Waals surface area (Å²) < 4.78 is 7.25. The molecule has 1 unspecified atom stereocenters. The summed E-state index contributed by atoms with van der Waals surface area (Å²) in [6.45, 7) is 0.426. The highest BCUT2D eigenvalue weighted by Gasteiger charge is 2.23. The molecule has 0 fully saturated rings. The van der Waals surface area contributed by atoms with Gasteiger partial charge in [0.15, 0.2) is 0 Å². The Bertz CT molecular complexity index is 710. The number of aromatic nitrogens is 2.